The fourth-order valence-electron chi connectivity index (χ4n) is 1.07. The fraction of sp³-hybridized carbons (Fsp3) is 0.333. The Balaban J connectivity index is 2.87. The molecule has 1 heterocycles. The monoisotopic (exact) mass is 259 g/mol. The molecule has 7 nitrogen and oxygen atoms in total. The number of nitrogens with one attached hydrogen (secondary N) is 1. The fourth-order valence-corrected chi connectivity index (χ4v) is 1.96. The maximum absolute atomic E-state index is 11.7. The third-order valence-electron chi connectivity index (χ3n) is 2.00. The van der Waals surface area contributed by atoms with E-state index in [-0.39, 0.29) is 5.82 Å². The number of anilines is 1. The van der Waals surface area contributed by atoms with Crippen molar-refractivity contribution in [1.82, 2.24) is 9.29 Å². The minimum Gasteiger partial charge on any atom is -0.480 e. The molecule has 0 aliphatic carbocycles. The van der Waals surface area contributed by atoms with Crippen LogP contribution in [0.4, 0.5) is 5.82 Å². The molecule has 0 spiro atoms. The highest BCUT2D eigenvalue weighted by atomic mass is 32.2. The Morgan fingerprint density at radius 1 is 1.59 bits per heavy atom. The molecule has 0 saturated carbocycles. The zero-order valence-corrected chi connectivity index (χ0v) is 10.2. The average molecular weight is 259 g/mol. The summed E-state index contributed by atoms with van der Waals surface area (Å²) in [5.41, 5.74) is 0.653. The van der Waals surface area contributed by atoms with Crippen LogP contribution in [0.5, 0.6) is 0 Å². The highest BCUT2D eigenvalue weighted by molar-refractivity contribution is 7.90. The van der Waals surface area contributed by atoms with E-state index in [1.54, 1.807) is 19.1 Å². The molecule has 0 unspecified atom stereocenters. The minimum absolute atomic E-state index is 0.185. The van der Waals surface area contributed by atoms with Crippen LogP contribution >= 0.6 is 0 Å². The zero-order valence-electron chi connectivity index (χ0n) is 9.41. The number of hydrogen-bond acceptors (Lipinski definition) is 4. The van der Waals surface area contributed by atoms with Gasteiger partial charge in [-0.2, -0.15) is 12.7 Å². The van der Waals surface area contributed by atoms with Gasteiger partial charge in [0.05, 0.1) is 0 Å². The lowest BCUT2D eigenvalue weighted by atomic mass is 10.3. The molecule has 0 atom stereocenters. The predicted octanol–water partition coefficient (Wildman–Crippen LogP) is 0.0631. The predicted molar refractivity (Wildman–Crippen MR) is 61.8 cm³/mol. The van der Waals surface area contributed by atoms with Crippen LogP contribution in [0, 0.1) is 6.92 Å². The van der Waals surface area contributed by atoms with E-state index in [1.807, 2.05) is 0 Å². The molecule has 0 amide bonds. The first-order valence-corrected chi connectivity index (χ1v) is 6.14. The summed E-state index contributed by atoms with van der Waals surface area (Å²) in [5.74, 6) is -1.04. The Kier molecular flexibility index (Phi) is 4.02. The Bertz CT molecular complexity index is 515. The van der Waals surface area contributed by atoms with Crippen molar-refractivity contribution in [3.63, 3.8) is 0 Å². The molecule has 0 radical (unpaired) electrons. The summed E-state index contributed by atoms with van der Waals surface area (Å²) >= 11 is 0. The van der Waals surface area contributed by atoms with Gasteiger partial charge in [0, 0.05) is 13.2 Å². The Morgan fingerprint density at radius 2 is 2.24 bits per heavy atom. The second-order valence-corrected chi connectivity index (χ2v) is 5.20. The van der Waals surface area contributed by atoms with Crippen molar-refractivity contribution < 1.29 is 18.3 Å². The lowest BCUT2D eigenvalue weighted by Gasteiger charge is -2.16. The van der Waals surface area contributed by atoms with Gasteiger partial charge in [0.1, 0.15) is 12.4 Å². The van der Waals surface area contributed by atoms with E-state index in [1.165, 1.54) is 13.2 Å². The number of carboxylic acid groups (broad SMARTS) is 1. The quantitative estimate of drug-likeness (QED) is 0.779. The number of aryl methyl sites for hydroxylation is 1. The summed E-state index contributed by atoms with van der Waals surface area (Å²) in [4.78, 5) is 14.3. The van der Waals surface area contributed by atoms with E-state index < -0.39 is 22.7 Å². The van der Waals surface area contributed by atoms with Gasteiger partial charge in [0.25, 0.3) is 0 Å². The van der Waals surface area contributed by atoms with Gasteiger partial charge < -0.3 is 5.11 Å². The molecule has 1 aromatic heterocycles. The minimum atomic E-state index is -3.89. The zero-order chi connectivity index (χ0) is 13.1. The first kappa shape index (κ1) is 13.4. The summed E-state index contributed by atoms with van der Waals surface area (Å²) in [6.07, 6.45) is 1.45. The maximum Gasteiger partial charge on any atom is 0.318 e. The van der Waals surface area contributed by atoms with Crippen LogP contribution in [-0.2, 0) is 15.0 Å². The summed E-state index contributed by atoms with van der Waals surface area (Å²) in [7, 11) is -2.72. The molecule has 0 saturated heterocycles. The maximum atomic E-state index is 11.7. The Hall–Kier alpha value is -1.67. The van der Waals surface area contributed by atoms with E-state index in [0.717, 1.165) is 0 Å². The normalized spacial score (nSPS) is 11.5. The summed E-state index contributed by atoms with van der Waals surface area (Å²) < 4.78 is 26.3. The number of carboxylic acids is 1. The number of aliphatic carboxylic acids is 1. The van der Waals surface area contributed by atoms with Gasteiger partial charge in [0.2, 0.25) is 0 Å². The first-order valence-electron chi connectivity index (χ1n) is 4.70. The molecular formula is C9H13N3O4S. The smallest absolute Gasteiger partial charge is 0.318 e. The molecule has 0 aliphatic heterocycles. The Labute approximate surface area is 99.3 Å². The SMILES string of the molecule is Cc1cccnc1NS(=O)(=O)N(C)CC(=O)O. The van der Waals surface area contributed by atoms with Crippen molar-refractivity contribution in [2.24, 2.45) is 0 Å². The van der Waals surface area contributed by atoms with Crippen LogP contribution in [0.15, 0.2) is 18.3 Å². The highest BCUT2D eigenvalue weighted by Crippen LogP contribution is 2.12. The van der Waals surface area contributed by atoms with Gasteiger partial charge >= 0.3 is 16.2 Å². The van der Waals surface area contributed by atoms with Crippen LogP contribution in [0.2, 0.25) is 0 Å². The highest BCUT2D eigenvalue weighted by Gasteiger charge is 2.20. The summed E-state index contributed by atoms with van der Waals surface area (Å²) in [5, 5.41) is 8.52. The molecule has 17 heavy (non-hydrogen) atoms. The van der Waals surface area contributed by atoms with E-state index in [2.05, 4.69) is 9.71 Å². The van der Waals surface area contributed by atoms with E-state index in [0.29, 0.717) is 9.87 Å². The molecule has 94 valence electrons. The molecule has 8 heteroatoms. The number of hydrogen-bond donors (Lipinski definition) is 2. The van der Waals surface area contributed by atoms with Gasteiger partial charge in [-0.1, -0.05) is 6.07 Å². The van der Waals surface area contributed by atoms with Crippen molar-refractivity contribution >= 4 is 22.0 Å². The van der Waals surface area contributed by atoms with Crippen LogP contribution in [0.3, 0.4) is 0 Å². The number of nitrogens with zero attached hydrogens (tertiary/aromatic N) is 2. The molecule has 0 aliphatic rings. The lowest BCUT2D eigenvalue weighted by molar-refractivity contribution is -0.137. The van der Waals surface area contributed by atoms with E-state index in [4.69, 9.17) is 5.11 Å². The molecular weight excluding hydrogens is 246 g/mol. The van der Waals surface area contributed by atoms with Crippen molar-refractivity contribution in [2.45, 2.75) is 6.92 Å². The third kappa shape index (κ3) is 3.68. The standard InChI is InChI=1S/C9H13N3O4S/c1-7-4-3-5-10-9(7)11-17(15,16)12(2)6-8(13)14/h3-5H,6H2,1-2H3,(H,10,11)(H,13,14). The molecule has 0 aromatic carbocycles. The number of rotatable bonds is 5. The number of aromatic nitrogens is 1. The van der Waals surface area contributed by atoms with E-state index >= 15 is 0 Å². The Morgan fingerprint density at radius 3 is 2.76 bits per heavy atom. The molecule has 0 fully saturated rings. The van der Waals surface area contributed by atoms with Crippen molar-refractivity contribution in [3.8, 4) is 0 Å². The van der Waals surface area contributed by atoms with Crippen LogP contribution in [0.25, 0.3) is 0 Å². The second kappa shape index (κ2) is 5.11. The first-order chi connectivity index (χ1) is 7.83. The summed E-state index contributed by atoms with van der Waals surface area (Å²) in [6.45, 7) is 1.09. The second-order valence-electron chi connectivity index (χ2n) is 3.43. The van der Waals surface area contributed by atoms with Gasteiger partial charge in [-0.05, 0) is 18.6 Å². The van der Waals surface area contributed by atoms with Crippen molar-refractivity contribution in [2.75, 3.05) is 18.3 Å². The van der Waals surface area contributed by atoms with Gasteiger partial charge in [0.15, 0.2) is 0 Å². The van der Waals surface area contributed by atoms with Gasteiger partial charge in [-0.3, -0.25) is 9.52 Å². The van der Waals surface area contributed by atoms with E-state index in [9.17, 15) is 13.2 Å². The molecule has 2 N–H and O–H groups in total. The van der Waals surface area contributed by atoms with Gasteiger partial charge in [-0.15, -0.1) is 0 Å². The topological polar surface area (TPSA) is 99.6 Å². The molecule has 0 bridgehead atoms. The third-order valence-corrected chi connectivity index (χ3v) is 3.40. The van der Waals surface area contributed by atoms with Crippen LogP contribution in [0.1, 0.15) is 5.56 Å². The summed E-state index contributed by atoms with van der Waals surface area (Å²) in [6, 6.07) is 3.37. The lowest BCUT2D eigenvalue weighted by Crippen LogP contribution is -2.36. The van der Waals surface area contributed by atoms with Crippen LogP contribution < -0.4 is 4.72 Å². The average Bonchev–Trinajstić information content (AvgIpc) is 2.20. The molecule has 1 aromatic rings. The van der Waals surface area contributed by atoms with Crippen molar-refractivity contribution in [1.29, 1.82) is 0 Å². The number of pyridine rings is 1. The van der Waals surface area contributed by atoms with Gasteiger partial charge in [-0.25, -0.2) is 4.98 Å². The number of likely N-dealkylation sites (N-methyl/N-ethyl adjacent to an activating group) is 1. The van der Waals surface area contributed by atoms with Crippen LogP contribution in [-0.4, -0.2) is 42.4 Å². The number of carbonyl (C=O) groups is 1. The molecule has 1 rings (SSSR count). The van der Waals surface area contributed by atoms with Crippen molar-refractivity contribution in [3.05, 3.63) is 23.9 Å². The largest absolute Gasteiger partial charge is 0.480 e.